The summed E-state index contributed by atoms with van der Waals surface area (Å²) in [6.45, 7) is 6.88. The molecule has 0 aliphatic heterocycles. The Hall–Kier alpha value is -0.0800. The average molecular weight is 146 g/mol. The molecule has 2 heteroatoms. The van der Waals surface area contributed by atoms with Gasteiger partial charge in [-0.2, -0.15) is 0 Å². The van der Waals surface area contributed by atoms with E-state index in [-0.39, 0.29) is 5.79 Å². The highest BCUT2D eigenvalue weighted by atomic mass is 16.7. The summed E-state index contributed by atoms with van der Waals surface area (Å²) in [5.74, 6) is -0.365. The monoisotopic (exact) mass is 146 g/mol. The molecule has 62 valence electrons. The number of hydrogen-bond acceptors (Lipinski definition) is 2. The van der Waals surface area contributed by atoms with Gasteiger partial charge in [-0.3, -0.25) is 0 Å². The highest BCUT2D eigenvalue weighted by molar-refractivity contribution is 4.57. The molecular weight excluding hydrogens is 128 g/mol. The zero-order valence-electron chi connectivity index (χ0n) is 7.44. The Balaban J connectivity index is 3.58. The van der Waals surface area contributed by atoms with Crippen LogP contribution in [0.3, 0.4) is 0 Å². The second kappa shape index (κ2) is 4.69. The van der Waals surface area contributed by atoms with Gasteiger partial charge in [-0.1, -0.05) is 13.8 Å². The Bertz CT molecular complexity index is 77.3. The lowest BCUT2D eigenvalue weighted by Crippen LogP contribution is -2.30. The topological polar surface area (TPSA) is 18.5 Å². The molecule has 0 N–H and O–H groups in total. The molecular formula is C8H18O2. The van der Waals surface area contributed by atoms with Crippen molar-refractivity contribution in [1.82, 2.24) is 0 Å². The zero-order chi connectivity index (χ0) is 8.04. The molecule has 0 aromatic carbocycles. The predicted octanol–water partition coefficient (Wildman–Crippen LogP) is 2.19. The van der Waals surface area contributed by atoms with E-state index in [1.165, 1.54) is 0 Å². The molecule has 0 aliphatic rings. The molecule has 0 fully saturated rings. The minimum absolute atomic E-state index is 0.365. The highest BCUT2D eigenvalue weighted by Crippen LogP contribution is 2.15. The minimum Gasteiger partial charge on any atom is -0.353 e. The van der Waals surface area contributed by atoms with Crippen molar-refractivity contribution in [3.63, 3.8) is 0 Å². The summed E-state index contributed by atoms with van der Waals surface area (Å²) in [6.07, 6.45) is 1.93. The molecule has 0 saturated carbocycles. The normalized spacial score (nSPS) is 16.8. The maximum atomic E-state index is 5.45. The van der Waals surface area contributed by atoms with E-state index >= 15 is 0 Å². The van der Waals surface area contributed by atoms with Crippen LogP contribution in [0.5, 0.6) is 0 Å². The Kier molecular flexibility index (Phi) is 4.65. The molecule has 0 spiro atoms. The van der Waals surface area contributed by atoms with Crippen molar-refractivity contribution >= 4 is 0 Å². The first kappa shape index (κ1) is 9.92. The third-order valence-corrected chi connectivity index (χ3v) is 1.69. The predicted molar refractivity (Wildman–Crippen MR) is 41.9 cm³/mol. The van der Waals surface area contributed by atoms with Gasteiger partial charge in [-0.25, -0.2) is 0 Å². The minimum atomic E-state index is -0.365. The van der Waals surface area contributed by atoms with E-state index in [0.29, 0.717) is 0 Å². The molecule has 0 bridgehead atoms. The summed E-state index contributed by atoms with van der Waals surface area (Å²) < 4.78 is 10.6. The van der Waals surface area contributed by atoms with Crippen molar-refractivity contribution in [3.05, 3.63) is 0 Å². The molecule has 0 saturated heterocycles. The van der Waals surface area contributed by atoms with Crippen LogP contribution in [-0.4, -0.2) is 19.5 Å². The third-order valence-electron chi connectivity index (χ3n) is 1.69. The second-order valence-corrected chi connectivity index (χ2v) is 2.54. The van der Waals surface area contributed by atoms with Gasteiger partial charge in [0, 0.05) is 13.7 Å². The fraction of sp³-hybridized carbons (Fsp3) is 1.00. The largest absolute Gasteiger partial charge is 0.353 e. The fourth-order valence-electron chi connectivity index (χ4n) is 0.623. The first-order chi connectivity index (χ1) is 4.68. The molecule has 10 heavy (non-hydrogen) atoms. The van der Waals surface area contributed by atoms with E-state index in [4.69, 9.17) is 9.47 Å². The Morgan fingerprint density at radius 2 is 1.90 bits per heavy atom. The number of rotatable bonds is 5. The molecule has 0 aromatic rings. The van der Waals surface area contributed by atoms with Crippen molar-refractivity contribution in [3.8, 4) is 0 Å². The van der Waals surface area contributed by atoms with Crippen molar-refractivity contribution in [2.75, 3.05) is 13.7 Å². The molecule has 1 unspecified atom stereocenters. The van der Waals surface area contributed by atoms with E-state index in [9.17, 15) is 0 Å². The second-order valence-electron chi connectivity index (χ2n) is 2.54. The summed E-state index contributed by atoms with van der Waals surface area (Å²) >= 11 is 0. The Morgan fingerprint density at radius 3 is 2.20 bits per heavy atom. The van der Waals surface area contributed by atoms with Gasteiger partial charge in [-0.05, 0) is 19.8 Å². The van der Waals surface area contributed by atoms with Crippen LogP contribution in [0.1, 0.15) is 33.6 Å². The van der Waals surface area contributed by atoms with E-state index < -0.39 is 0 Å². The number of hydrogen-bond donors (Lipinski definition) is 0. The van der Waals surface area contributed by atoms with Gasteiger partial charge >= 0.3 is 0 Å². The average Bonchev–Trinajstić information content (AvgIpc) is 2.00. The van der Waals surface area contributed by atoms with Crippen LogP contribution in [0.15, 0.2) is 0 Å². The lowest BCUT2D eigenvalue weighted by Gasteiger charge is -2.26. The van der Waals surface area contributed by atoms with Crippen LogP contribution in [0.2, 0.25) is 0 Å². The van der Waals surface area contributed by atoms with E-state index in [2.05, 4.69) is 13.8 Å². The van der Waals surface area contributed by atoms with Crippen LogP contribution >= 0.6 is 0 Å². The molecule has 0 amide bonds. The smallest absolute Gasteiger partial charge is 0.164 e. The highest BCUT2D eigenvalue weighted by Gasteiger charge is 2.20. The lowest BCUT2D eigenvalue weighted by molar-refractivity contribution is -0.211. The first-order valence-electron chi connectivity index (χ1n) is 3.87. The van der Waals surface area contributed by atoms with Crippen molar-refractivity contribution in [1.29, 1.82) is 0 Å². The maximum absolute atomic E-state index is 5.45. The maximum Gasteiger partial charge on any atom is 0.164 e. The quantitative estimate of drug-likeness (QED) is 0.553. The van der Waals surface area contributed by atoms with Gasteiger partial charge < -0.3 is 9.47 Å². The molecule has 1 atom stereocenters. The van der Waals surface area contributed by atoms with E-state index in [1.807, 2.05) is 6.92 Å². The zero-order valence-corrected chi connectivity index (χ0v) is 7.44. The third kappa shape index (κ3) is 3.18. The number of methoxy groups -OCH3 is 1. The SMILES string of the molecule is CCCOC(C)(CC)OC. The summed E-state index contributed by atoms with van der Waals surface area (Å²) in [5, 5.41) is 0. The van der Waals surface area contributed by atoms with Gasteiger partial charge in [0.1, 0.15) is 0 Å². The molecule has 0 heterocycles. The fourth-order valence-corrected chi connectivity index (χ4v) is 0.623. The van der Waals surface area contributed by atoms with Gasteiger partial charge in [0.05, 0.1) is 0 Å². The van der Waals surface area contributed by atoms with E-state index in [0.717, 1.165) is 19.4 Å². The summed E-state index contributed by atoms with van der Waals surface area (Å²) in [4.78, 5) is 0. The van der Waals surface area contributed by atoms with Crippen LogP contribution in [0.4, 0.5) is 0 Å². The standard InChI is InChI=1S/C8H18O2/c1-5-7-10-8(3,6-2)9-4/h5-7H2,1-4H3. The summed E-state index contributed by atoms with van der Waals surface area (Å²) in [6, 6.07) is 0. The molecule has 0 aromatic heterocycles. The molecule has 0 radical (unpaired) electrons. The Morgan fingerprint density at radius 1 is 1.30 bits per heavy atom. The molecule has 2 nitrogen and oxygen atoms in total. The van der Waals surface area contributed by atoms with Crippen LogP contribution in [-0.2, 0) is 9.47 Å². The van der Waals surface area contributed by atoms with Crippen LogP contribution in [0, 0.1) is 0 Å². The molecule has 0 aliphatic carbocycles. The number of ether oxygens (including phenoxy) is 2. The Labute approximate surface area is 63.5 Å². The van der Waals surface area contributed by atoms with Crippen LogP contribution < -0.4 is 0 Å². The van der Waals surface area contributed by atoms with Gasteiger partial charge in [-0.15, -0.1) is 0 Å². The summed E-state index contributed by atoms with van der Waals surface area (Å²) in [7, 11) is 1.68. The molecule has 0 rings (SSSR count). The summed E-state index contributed by atoms with van der Waals surface area (Å²) in [5.41, 5.74) is 0. The van der Waals surface area contributed by atoms with Crippen molar-refractivity contribution in [2.45, 2.75) is 39.4 Å². The van der Waals surface area contributed by atoms with Crippen molar-refractivity contribution < 1.29 is 9.47 Å². The van der Waals surface area contributed by atoms with E-state index in [1.54, 1.807) is 7.11 Å². The van der Waals surface area contributed by atoms with Gasteiger partial charge in [0.15, 0.2) is 5.79 Å². The van der Waals surface area contributed by atoms with Crippen molar-refractivity contribution in [2.24, 2.45) is 0 Å². The van der Waals surface area contributed by atoms with Gasteiger partial charge in [0.25, 0.3) is 0 Å². The van der Waals surface area contributed by atoms with Gasteiger partial charge in [0.2, 0.25) is 0 Å². The lowest BCUT2D eigenvalue weighted by atomic mass is 10.2. The van der Waals surface area contributed by atoms with Crippen LogP contribution in [0.25, 0.3) is 0 Å². The first-order valence-corrected chi connectivity index (χ1v) is 3.87.